The van der Waals surface area contributed by atoms with E-state index in [0.29, 0.717) is 12.1 Å². The number of anilines is 1. The summed E-state index contributed by atoms with van der Waals surface area (Å²) < 4.78 is 6.00. The van der Waals surface area contributed by atoms with Crippen molar-refractivity contribution >= 4 is 22.3 Å². The summed E-state index contributed by atoms with van der Waals surface area (Å²) in [6, 6.07) is 1.94. The smallest absolute Gasteiger partial charge is 0.164 e. The van der Waals surface area contributed by atoms with E-state index in [2.05, 4.69) is 14.8 Å². The van der Waals surface area contributed by atoms with E-state index >= 15 is 0 Å². The van der Waals surface area contributed by atoms with Crippen LogP contribution in [0.1, 0.15) is 28.7 Å². The molecule has 0 unspecified atom stereocenters. The summed E-state index contributed by atoms with van der Waals surface area (Å²) in [7, 11) is 1.89. The van der Waals surface area contributed by atoms with Gasteiger partial charge in [0.2, 0.25) is 0 Å². The minimum atomic E-state index is 0.0451. The monoisotopic (exact) mass is 250 g/mol. The summed E-state index contributed by atoms with van der Waals surface area (Å²) in [6.07, 6.45) is 1.75. The second-order valence-corrected chi connectivity index (χ2v) is 4.60. The largest absolute Gasteiger partial charge is 0.369 e. The van der Waals surface area contributed by atoms with E-state index in [4.69, 9.17) is 0 Å². The minimum absolute atomic E-state index is 0.0451. The van der Waals surface area contributed by atoms with Gasteiger partial charge >= 0.3 is 0 Å². The number of aryl methyl sites for hydroxylation is 2. The first kappa shape index (κ1) is 11.8. The van der Waals surface area contributed by atoms with Crippen molar-refractivity contribution in [3.63, 3.8) is 0 Å². The van der Waals surface area contributed by atoms with Gasteiger partial charge < -0.3 is 5.32 Å². The maximum Gasteiger partial charge on any atom is 0.164 e. The third kappa shape index (κ3) is 2.36. The number of carbonyl (C=O) groups is 1. The number of hydrogen-bond donors (Lipinski definition) is 1. The Morgan fingerprint density at radius 3 is 2.94 bits per heavy atom. The quantitative estimate of drug-likeness (QED) is 0.843. The molecule has 0 radical (unpaired) electrons. The Balaban J connectivity index is 2.15. The molecule has 17 heavy (non-hydrogen) atoms. The van der Waals surface area contributed by atoms with Crippen molar-refractivity contribution in [2.24, 2.45) is 7.05 Å². The Morgan fingerprint density at radius 1 is 1.59 bits per heavy atom. The first-order chi connectivity index (χ1) is 8.09. The van der Waals surface area contributed by atoms with Crippen molar-refractivity contribution in [3.8, 4) is 0 Å². The van der Waals surface area contributed by atoms with Gasteiger partial charge in [0.1, 0.15) is 5.00 Å². The normalized spacial score (nSPS) is 10.5. The molecular weight excluding hydrogens is 236 g/mol. The molecule has 2 aromatic heterocycles. The molecule has 0 aliphatic rings. The summed E-state index contributed by atoms with van der Waals surface area (Å²) in [6.45, 7) is 4.05. The zero-order valence-electron chi connectivity index (χ0n) is 10.0. The number of carbonyl (C=O) groups excluding carboxylic acids is 1. The number of rotatable bonds is 4. The Bertz CT molecular complexity index is 543. The molecule has 0 saturated carbocycles. The van der Waals surface area contributed by atoms with Crippen LogP contribution in [-0.4, -0.2) is 19.9 Å². The van der Waals surface area contributed by atoms with Gasteiger partial charge in [0, 0.05) is 13.2 Å². The minimum Gasteiger partial charge on any atom is -0.369 e. The molecule has 0 atom stereocenters. The zero-order chi connectivity index (χ0) is 12.4. The molecule has 0 aliphatic heterocycles. The highest BCUT2D eigenvalue weighted by atomic mass is 32.1. The molecule has 0 bridgehead atoms. The van der Waals surface area contributed by atoms with Crippen LogP contribution in [-0.2, 0) is 13.6 Å². The van der Waals surface area contributed by atoms with Gasteiger partial charge in [-0.1, -0.05) is 0 Å². The predicted octanol–water partition coefficient (Wildman–Crippen LogP) is 2.00. The van der Waals surface area contributed by atoms with Crippen LogP contribution in [0.15, 0.2) is 12.3 Å². The van der Waals surface area contributed by atoms with Crippen molar-refractivity contribution in [1.82, 2.24) is 14.2 Å². The summed E-state index contributed by atoms with van der Waals surface area (Å²) in [4.78, 5) is 11.5. The van der Waals surface area contributed by atoms with Crippen molar-refractivity contribution in [2.75, 3.05) is 5.32 Å². The van der Waals surface area contributed by atoms with E-state index in [1.165, 1.54) is 11.5 Å². The molecule has 0 saturated heterocycles. The highest BCUT2D eigenvalue weighted by molar-refractivity contribution is 7.10. The third-order valence-corrected chi connectivity index (χ3v) is 3.46. The molecule has 5 nitrogen and oxygen atoms in total. The topological polar surface area (TPSA) is 59.8 Å². The average Bonchev–Trinajstić information content (AvgIpc) is 2.82. The van der Waals surface area contributed by atoms with Crippen LogP contribution < -0.4 is 5.32 Å². The first-order valence-electron chi connectivity index (χ1n) is 5.27. The summed E-state index contributed by atoms with van der Waals surface area (Å²) >= 11 is 1.32. The molecule has 6 heteroatoms. The SMILES string of the molecule is CC(=O)c1c(C)nsc1NCc1ccnn1C. The molecule has 1 N–H and O–H groups in total. The van der Waals surface area contributed by atoms with Crippen LogP contribution >= 0.6 is 11.5 Å². The van der Waals surface area contributed by atoms with Crippen LogP contribution in [0.3, 0.4) is 0 Å². The number of nitrogens with one attached hydrogen (secondary N) is 1. The van der Waals surface area contributed by atoms with Crippen LogP contribution in [0, 0.1) is 6.92 Å². The lowest BCUT2D eigenvalue weighted by Crippen LogP contribution is -2.07. The zero-order valence-corrected chi connectivity index (χ0v) is 10.8. The van der Waals surface area contributed by atoms with E-state index in [9.17, 15) is 4.79 Å². The Hall–Kier alpha value is -1.69. The molecule has 2 heterocycles. The van der Waals surface area contributed by atoms with Gasteiger partial charge in [-0.05, 0) is 31.4 Å². The Kier molecular flexibility index (Phi) is 3.23. The second-order valence-electron chi connectivity index (χ2n) is 3.83. The number of Topliss-reactive ketones (excluding diaryl/α,β-unsaturated/α-hetero) is 1. The number of hydrogen-bond acceptors (Lipinski definition) is 5. The maximum atomic E-state index is 11.5. The molecule has 2 aromatic rings. The number of aromatic nitrogens is 3. The van der Waals surface area contributed by atoms with Gasteiger partial charge in [-0.3, -0.25) is 9.48 Å². The standard InChI is InChI=1S/C11H14N4OS/c1-7-10(8(2)16)11(17-14-7)12-6-9-4-5-13-15(9)3/h4-5,12H,6H2,1-3H3. The molecular formula is C11H14N4OS. The highest BCUT2D eigenvalue weighted by Gasteiger charge is 2.14. The van der Waals surface area contributed by atoms with Crippen LogP contribution in [0.25, 0.3) is 0 Å². The fraction of sp³-hybridized carbons (Fsp3) is 0.364. The van der Waals surface area contributed by atoms with Crippen LogP contribution in [0.5, 0.6) is 0 Å². The lowest BCUT2D eigenvalue weighted by Gasteiger charge is -2.05. The highest BCUT2D eigenvalue weighted by Crippen LogP contribution is 2.25. The van der Waals surface area contributed by atoms with Crippen molar-refractivity contribution < 1.29 is 4.79 Å². The molecule has 0 fully saturated rings. The van der Waals surface area contributed by atoms with Gasteiger partial charge in [-0.15, -0.1) is 0 Å². The lowest BCUT2D eigenvalue weighted by atomic mass is 10.2. The molecule has 90 valence electrons. The summed E-state index contributed by atoms with van der Waals surface area (Å²) in [5.74, 6) is 0.0451. The average molecular weight is 250 g/mol. The van der Waals surface area contributed by atoms with E-state index in [0.717, 1.165) is 16.4 Å². The van der Waals surface area contributed by atoms with E-state index in [1.54, 1.807) is 17.8 Å². The molecule has 0 aromatic carbocycles. The van der Waals surface area contributed by atoms with Crippen molar-refractivity contribution in [3.05, 3.63) is 29.2 Å². The fourth-order valence-corrected chi connectivity index (χ4v) is 2.49. The molecule has 0 aliphatic carbocycles. The lowest BCUT2D eigenvalue weighted by molar-refractivity contribution is 0.101. The summed E-state index contributed by atoms with van der Waals surface area (Å²) in [5, 5.41) is 8.15. The predicted molar refractivity (Wildman–Crippen MR) is 67.4 cm³/mol. The van der Waals surface area contributed by atoms with Gasteiger partial charge in [0.05, 0.1) is 23.5 Å². The van der Waals surface area contributed by atoms with Gasteiger partial charge in [0.25, 0.3) is 0 Å². The third-order valence-electron chi connectivity index (χ3n) is 2.57. The van der Waals surface area contributed by atoms with E-state index in [-0.39, 0.29) is 5.78 Å². The number of nitrogens with zero attached hydrogens (tertiary/aromatic N) is 3. The van der Waals surface area contributed by atoms with Crippen LogP contribution in [0.2, 0.25) is 0 Å². The molecule has 0 amide bonds. The molecule has 0 spiro atoms. The fourth-order valence-electron chi connectivity index (χ4n) is 1.65. The Labute approximate surface area is 104 Å². The van der Waals surface area contributed by atoms with E-state index < -0.39 is 0 Å². The van der Waals surface area contributed by atoms with Gasteiger partial charge in [0.15, 0.2) is 5.78 Å². The van der Waals surface area contributed by atoms with Crippen molar-refractivity contribution in [1.29, 1.82) is 0 Å². The second kappa shape index (κ2) is 4.67. The van der Waals surface area contributed by atoms with Crippen molar-refractivity contribution in [2.45, 2.75) is 20.4 Å². The maximum absolute atomic E-state index is 11.5. The van der Waals surface area contributed by atoms with Gasteiger partial charge in [-0.25, -0.2) is 0 Å². The number of ketones is 1. The summed E-state index contributed by atoms with van der Waals surface area (Å²) in [5.41, 5.74) is 2.54. The van der Waals surface area contributed by atoms with E-state index in [1.807, 2.05) is 20.0 Å². The molecule has 2 rings (SSSR count). The Morgan fingerprint density at radius 2 is 2.35 bits per heavy atom. The van der Waals surface area contributed by atoms with Crippen LogP contribution in [0.4, 0.5) is 5.00 Å². The first-order valence-corrected chi connectivity index (χ1v) is 6.05. The van der Waals surface area contributed by atoms with Gasteiger partial charge in [-0.2, -0.15) is 9.47 Å².